The van der Waals surface area contributed by atoms with Crippen molar-refractivity contribution in [2.24, 2.45) is 17.8 Å². The van der Waals surface area contributed by atoms with E-state index >= 15 is 0 Å². The normalized spacial score (nSPS) is 36.1. The molecular formula is C12H18O2. The first-order chi connectivity index (χ1) is 6.49. The molecule has 0 bridgehead atoms. The summed E-state index contributed by atoms with van der Waals surface area (Å²) in [5, 5.41) is 9.06. The van der Waals surface area contributed by atoms with Crippen molar-refractivity contribution < 1.29 is 9.90 Å². The molecular weight excluding hydrogens is 176 g/mol. The quantitative estimate of drug-likeness (QED) is 0.396. The highest BCUT2D eigenvalue weighted by Gasteiger charge is 2.35. The van der Waals surface area contributed by atoms with Gasteiger partial charge in [-0.15, -0.1) is 0 Å². The van der Waals surface area contributed by atoms with Crippen molar-refractivity contribution in [3.05, 3.63) is 24.0 Å². The van der Waals surface area contributed by atoms with Gasteiger partial charge in [0, 0.05) is 17.4 Å². The Kier molecular flexibility index (Phi) is 3.14. The third-order valence-corrected chi connectivity index (χ3v) is 3.27. The Balaban J connectivity index is 3.00. The number of hydrogen-bond donors (Lipinski definition) is 1. The average Bonchev–Trinajstić information content (AvgIpc) is 2.13. The zero-order chi connectivity index (χ0) is 10.9. The number of hydrogen-bond acceptors (Lipinski definition) is 2. The first-order valence-electron chi connectivity index (χ1n) is 5.03. The molecule has 0 saturated heterocycles. The van der Waals surface area contributed by atoms with E-state index in [0.717, 1.165) is 18.3 Å². The summed E-state index contributed by atoms with van der Waals surface area (Å²) in [6, 6.07) is 0. The molecule has 0 aromatic rings. The minimum atomic E-state index is 0.0176. The maximum absolute atomic E-state index is 11.8. The van der Waals surface area contributed by atoms with Gasteiger partial charge < -0.3 is 5.11 Å². The molecule has 2 nitrogen and oxygen atoms in total. The number of allylic oxidation sites excluding steroid dienone is 2. The second-order valence-corrected chi connectivity index (χ2v) is 4.35. The van der Waals surface area contributed by atoms with Crippen LogP contribution in [-0.2, 0) is 4.79 Å². The van der Waals surface area contributed by atoms with E-state index in [-0.39, 0.29) is 17.6 Å². The van der Waals surface area contributed by atoms with E-state index < -0.39 is 0 Å². The van der Waals surface area contributed by atoms with Gasteiger partial charge in [-0.25, -0.2) is 0 Å². The van der Waals surface area contributed by atoms with Gasteiger partial charge in [-0.05, 0) is 19.3 Å². The lowest BCUT2D eigenvalue weighted by Crippen LogP contribution is -2.32. The largest absolute Gasteiger partial charge is 0.515 e. The van der Waals surface area contributed by atoms with Crippen molar-refractivity contribution in [2.75, 3.05) is 0 Å². The number of carbonyl (C=O) groups excluding carboxylic acids is 1. The van der Waals surface area contributed by atoms with Crippen molar-refractivity contribution in [2.45, 2.75) is 27.2 Å². The van der Waals surface area contributed by atoms with Crippen LogP contribution in [0.3, 0.4) is 0 Å². The molecule has 0 aliphatic heterocycles. The summed E-state index contributed by atoms with van der Waals surface area (Å²) < 4.78 is 0. The maximum atomic E-state index is 11.8. The van der Waals surface area contributed by atoms with Gasteiger partial charge in [-0.1, -0.05) is 26.0 Å². The van der Waals surface area contributed by atoms with Gasteiger partial charge in [0.25, 0.3) is 0 Å². The average molecular weight is 194 g/mol. The molecule has 1 saturated carbocycles. The van der Waals surface area contributed by atoms with Crippen LogP contribution in [0.2, 0.25) is 0 Å². The van der Waals surface area contributed by atoms with Gasteiger partial charge in [0.1, 0.15) is 0 Å². The van der Waals surface area contributed by atoms with Crippen LogP contribution in [0.15, 0.2) is 24.0 Å². The Morgan fingerprint density at radius 3 is 2.57 bits per heavy atom. The predicted octanol–water partition coefficient (Wildman–Crippen LogP) is 2.87. The van der Waals surface area contributed by atoms with Crippen LogP contribution in [0.4, 0.5) is 0 Å². The Morgan fingerprint density at radius 1 is 1.57 bits per heavy atom. The van der Waals surface area contributed by atoms with E-state index in [4.69, 9.17) is 5.11 Å². The van der Waals surface area contributed by atoms with Gasteiger partial charge in [-0.3, -0.25) is 4.79 Å². The van der Waals surface area contributed by atoms with Crippen molar-refractivity contribution in [1.82, 2.24) is 0 Å². The van der Waals surface area contributed by atoms with E-state index in [1.165, 1.54) is 0 Å². The fourth-order valence-electron chi connectivity index (χ4n) is 2.02. The van der Waals surface area contributed by atoms with Crippen LogP contribution in [-0.4, -0.2) is 10.9 Å². The smallest absolute Gasteiger partial charge is 0.165 e. The lowest BCUT2D eigenvalue weighted by Gasteiger charge is -2.32. The minimum Gasteiger partial charge on any atom is -0.515 e. The molecule has 2 heteroatoms. The predicted molar refractivity (Wildman–Crippen MR) is 57.0 cm³/mol. The lowest BCUT2D eigenvalue weighted by atomic mass is 9.70. The maximum Gasteiger partial charge on any atom is 0.165 e. The van der Waals surface area contributed by atoms with Gasteiger partial charge >= 0.3 is 0 Å². The molecule has 1 aliphatic rings. The first kappa shape index (κ1) is 11.0. The number of ketones is 1. The minimum absolute atomic E-state index is 0.0176. The van der Waals surface area contributed by atoms with E-state index in [1.807, 2.05) is 13.8 Å². The summed E-state index contributed by atoms with van der Waals surface area (Å²) in [6.45, 7) is 9.77. The van der Waals surface area contributed by atoms with Crippen molar-refractivity contribution in [3.8, 4) is 0 Å². The zero-order valence-corrected chi connectivity index (χ0v) is 9.08. The molecule has 1 N–H and O–H groups in total. The number of carbonyl (C=O) groups is 1. The fourth-order valence-corrected chi connectivity index (χ4v) is 2.02. The van der Waals surface area contributed by atoms with Crippen LogP contribution in [0.1, 0.15) is 27.2 Å². The molecule has 1 rings (SSSR count). The Bertz CT molecular complexity index is 289. The number of aliphatic hydroxyl groups is 1. The second-order valence-electron chi connectivity index (χ2n) is 4.35. The number of Topliss-reactive ketones (excluding diaryl/α,β-unsaturated/α-hetero) is 1. The molecule has 3 atom stereocenters. The third kappa shape index (κ3) is 1.74. The summed E-state index contributed by atoms with van der Waals surface area (Å²) in [5.74, 6) is 0.495. The van der Waals surface area contributed by atoms with Gasteiger partial charge in [0.05, 0.1) is 6.26 Å². The van der Waals surface area contributed by atoms with Crippen molar-refractivity contribution in [1.29, 1.82) is 0 Å². The molecule has 0 aromatic carbocycles. The first-order valence-corrected chi connectivity index (χ1v) is 5.03. The van der Waals surface area contributed by atoms with Crippen molar-refractivity contribution in [3.63, 3.8) is 0 Å². The zero-order valence-electron chi connectivity index (χ0n) is 9.08. The van der Waals surface area contributed by atoms with Crippen LogP contribution in [0.25, 0.3) is 0 Å². The molecule has 0 amide bonds. The molecule has 0 aromatic heterocycles. The highest BCUT2D eigenvalue weighted by Crippen LogP contribution is 2.37. The second kappa shape index (κ2) is 3.99. The summed E-state index contributed by atoms with van der Waals surface area (Å²) >= 11 is 0. The van der Waals surface area contributed by atoms with E-state index in [0.29, 0.717) is 11.5 Å². The monoisotopic (exact) mass is 194 g/mol. The summed E-state index contributed by atoms with van der Waals surface area (Å²) in [6.07, 6.45) is 1.87. The molecule has 0 spiro atoms. The molecule has 1 fully saturated rings. The Morgan fingerprint density at radius 2 is 2.14 bits per heavy atom. The van der Waals surface area contributed by atoms with Crippen LogP contribution < -0.4 is 0 Å². The molecule has 0 radical (unpaired) electrons. The van der Waals surface area contributed by atoms with Crippen LogP contribution >= 0.6 is 0 Å². The Hall–Kier alpha value is -1.05. The van der Waals surface area contributed by atoms with Gasteiger partial charge in [0.15, 0.2) is 5.78 Å². The Labute approximate surface area is 85.3 Å². The lowest BCUT2D eigenvalue weighted by molar-refractivity contribution is -0.122. The summed E-state index contributed by atoms with van der Waals surface area (Å²) in [4.78, 5) is 11.8. The van der Waals surface area contributed by atoms with Gasteiger partial charge in [0.2, 0.25) is 0 Å². The number of aliphatic hydroxyl groups excluding tert-OH is 1. The van der Waals surface area contributed by atoms with E-state index in [9.17, 15) is 4.79 Å². The molecule has 1 unspecified atom stereocenters. The van der Waals surface area contributed by atoms with Crippen molar-refractivity contribution >= 4 is 5.78 Å². The molecule has 1 aliphatic carbocycles. The standard InChI is InChI=1S/C12H18O2/c1-7(2)10-5-8(3)9(4)12(14)11(10)6-13/h6,8-10,13H,1,5H2,2-4H3/b11-6-/t8-,9?,10+/m1/s1. The fraction of sp³-hybridized carbons (Fsp3) is 0.583. The topological polar surface area (TPSA) is 37.3 Å². The third-order valence-electron chi connectivity index (χ3n) is 3.27. The molecule has 78 valence electrons. The highest BCUT2D eigenvalue weighted by atomic mass is 16.2. The van der Waals surface area contributed by atoms with Crippen LogP contribution in [0.5, 0.6) is 0 Å². The molecule has 14 heavy (non-hydrogen) atoms. The summed E-state index contributed by atoms with van der Waals surface area (Å²) in [7, 11) is 0. The highest BCUT2D eigenvalue weighted by molar-refractivity contribution is 5.98. The van der Waals surface area contributed by atoms with E-state index in [1.54, 1.807) is 0 Å². The van der Waals surface area contributed by atoms with Crippen LogP contribution in [0, 0.1) is 17.8 Å². The van der Waals surface area contributed by atoms with Gasteiger partial charge in [-0.2, -0.15) is 0 Å². The van der Waals surface area contributed by atoms with E-state index in [2.05, 4.69) is 13.5 Å². The summed E-state index contributed by atoms with van der Waals surface area (Å²) in [5.41, 5.74) is 1.49. The number of rotatable bonds is 1. The SMILES string of the molecule is C=C(C)[C@@H]1C[C@@H](C)C(C)C(=O)/C1=C\O. The molecule has 0 heterocycles.